The highest BCUT2D eigenvalue weighted by molar-refractivity contribution is 8.00. The first-order valence-electron chi connectivity index (χ1n) is 4.52. The van der Waals surface area contributed by atoms with Gasteiger partial charge >= 0.3 is 5.97 Å². The monoisotopic (exact) mass is 226 g/mol. The summed E-state index contributed by atoms with van der Waals surface area (Å²) >= 11 is 1.60. The van der Waals surface area contributed by atoms with Crippen molar-refractivity contribution in [2.24, 2.45) is 0 Å². The number of carbonyl (C=O) groups excluding carboxylic acids is 1. The molecular weight excluding hydrogens is 212 g/mol. The van der Waals surface area contributed by atoms with Gasteiger partial charge in [-0.1, -0.05) is 32.5 Å². The average Bonchev–Trinajstić information content (AvgIpc) is 2.15. The van der Waals surface area contributed by atoms with E-state index in [0.717, 1.165) is 5.03 Å². The molecule has 0 aliphatic carbocycles. The lowest BCUT2D eigenvalue weighted by atomic mass is 10.3. The van der Waals surface area contributed by atoms with Crippen LogP contribution in [0.4, 0.5) is 0 Å². The molecule has 5 heteroatoms. The molecule has 0 spiro atoms. The van der Waals surface area contributed by atoms with E-state index in [2.05, 4.69) is 35.5 Å². The minimum absolute atomic E-state index is 0.0848. The van der Waals surface area contributed by atoms with Gasteiger partial charge in [0.05, 0.1) is 19.5 Å². The zero-order chi connectivity index (χ0) is 11.5. The summed E-state index contributed by atoms with van der Waals surface area (Å²) in [5.41, 5.74) is 0.232. The van der Waals surface area contributed by atoms with Gasteiger partial charge in [0.15, 0.2) is 5.69 Å². The van der Waals surface area contributed by atoms with Crippen LogP contribution in [-0.4, -0.2) is 27.8 Å². The normalized spacial score (nSPS) is 11.2. The van der Waals surface area contributed by atoms with E-state index in [1.165, 1.54) is 13.3 Å². The molecule has 0 aromatic carbocycles. The molecule has 1 rings (SSSR count). The first-order valence-corrected chi connectivity index (χ1v) is 5.33. The second kappa shape index (κ2) is 4.61. The van der Waals surface area contributed by atoms with Gasteiger partial charge in [-0.15, -0.1) is 0 Å². The van der Waals surface area contributed by atoms with Crippen LogP contribution in [0.2, 0.25) is 0 Å². The Bertz CT molecular complexity index is 343. The Morgan fingerprint density at radius 1 is 1.33 bits per heavy atom. The first-order chi connectivity index (χ1) is 6.92. The van der Waals surface area contributed by atoms with Crippen molar-refractivity contribution in [1.82, 2.24) is 9.97 Å². The maximum atomic E-state index is 11.1. The fourth-order valence-electron chi connectivity index (χ4n) is 0.893. The standard InChI is InChI=1S/C10H14N2O2S/c1-10(2,3)15-8-6-11-7(5-12-8)9(13)14-4/h5-6H,1-4H3. The van der Waals surface area contributed by atoms with E-state index in [4.69, 9.17) is 0 Å². The predicted molar refractivity (Wildman–Crippen MR) is 59.0 cm³/mol. The van der Waals surface area contributed by atoms with Crippen LogP contribution in [0, 0.1) is 0 Å². The quantitative estimate of drug-likeness (QED) is 0.571. The van der Waals surface area contributed by atoms with Gasteiger partial charge in [-0.05, 0) is 0 Å². The van der Waals surface area contributed by atoms with Gasteiger partial charge in [-0.3, -0.25) is 0 Å². The van der Waals surface area contributed by atoms with E-state index in [1.807, 2.05) is 0 Å². The van der Waals surface area contributed by atoms with Crippen LogP contribution in [0.1, 0.15) is 31.3 Å². The average molecular weight is 226 g/mol. The number of methoxy groups -OCH3 is 1. The molecule has 0 amide bonds. The van der Waals surface area contributed by atoms with Gasteiger partial charge in [0.1, 0.15) is 5.03 Å². The Morgan fingerprint density at radius 2 is 2.00 bits per heavy atom. The third-order valence-corrected chi connectivity index (χ3v) is 2.47. The van der Waals surface area contributed by atoms with Crippen LogP contribution < -0.4 is 0 Å². The summed E-state index contributed by atoms with van der Waals surface area (Å²) in [4.78, 5) is 19.2. The molecule has 0 bridgehead atoms. The van der Waals surface area contributed by atoms with Gasteiger partial charge in [0.2, 0.25) is 0 Å². The summed E-state index contributed by atoms with van der Waals surface area (Å²) in [7, 11) is 1.32. The lowest BCUT2D eigenvalue weighted by Crippen LogP contribution is -2.09. The van der Waals surface area contributed by atoms with Crippen LogP contribution in [0.5, 0.6) is 0 Å². The molecule has 1 aromatic rings. The number of hydrogen-bond acceptors (Lipinski definition) is 5. The number of esters is 1. The predicted octanol–water partition coefficient (Wildman–Crippen LogP) is 2.15. The maximum Gasteiger partial charge on any atom is 0.358 e. The molecule has 82 valence electrons. The molecule has 0 aliphatic rings. The fourth-order valence-corrected chi connectivity index (χ4v) is 1.73. The Balaban J connectivity index is 2.77. The smallest absolute Gasteiger partial charge is 0.358 e. The zero-order valence-electron chi connectivity index (χ0n) is 9.27. The second-order valence-corrected chi connectivity index (χ2v) is 5.79. The van der Waals surface area contributed by atoms with E-state index in [9.17, 15) is 4.79 Å². The van der Waals surface area contributed by atoms with Crippen LogP contribution in [0.3, 0.4) is 0 Å². The van der Waals surface area contributed by atoms with Crippen molar-refractivity contribution in [3.63, 3.8) is 0 Å². The van der Waals surface area contributed by atoms with E-state index in [1.54, 1.807) is 18.0 Å². The SMILES string of the molecule is COC(=O)c1cnc(SC(C)(C)C)cn1. The molecule has 0 saturated carbocycles. The lowest BCUT2D eigenvalue weighted by Gasteiger charge is -2.16. The largest absolute Gasteiger partial charge is 0.464 e. The van der Waals surface area contributed by atoms with Crippen molar-refractivity contribution in [3.05, 3.63) is 18.1 Å². The number of nitrogens with zero attached hydrogens (tertiary/aromatic N) is 2. The van der Waals surface area contributed by atoms with E-state index < -0.39 is 5.97 Å². The molecule has 1 heterocycles. The van der Waals surface area contributed by atoms with E-state index >= 15 is 0 Å². The highest BCUT2D eigenvalue weighted by atomic mass is 32.2. The Kier molecular flexibility index (Phi) is 3.68. The van der Waals surface area contributed by atoms with Gasteiger partial charge < -0.3 is 4.74 Å². The van der Waals surface area contributed by atoms with Crippen LogP contribution in [0.25, 0.3) is 0 Å². The molecule has 4 nitrogen and oxygen atoms in total. The van der Waals surface area contributed by atoms with Crippen LogP contribution in [0.15, 0.2) is 17.4 Å². The molecule has 0 aliphatic heterocycles. The molecule has 0 atom stereocenters. The number of hydrogen-bond donors (Lipinski definition) is 0. The molecule has 0 unspecified atom stereocenters. The third kappa shape index (κ3) is 3.87. The molecular formula is C10H14N2O2S. The van der Waals surface area contributed by atoms with Crippen molar-refractivity contribution < 1.29 is 9.53 Å². The molecule has 15 heavy (non-hydrogen) atoms. The Labute approximate surface area is 93.5 Å². The van der Waals surface area contributed by atoms with Crippen LogP contribution >= 0.6 is 11.8 Å². The summed E-state index contributed by atoms with van der Waals surface area (Å²) in [5.74, 6) is -0.463. The molecule has 0 N–H and O–H groups in total. The molecule has 0 radical (unpaired) electrons. The maximum absolute atomic E-state index is 11.1. The zero-order valence-corrected chi connectivity index (χ0v) is 10.1. The third-order valence-electron chi connectivity index (χ3n) is 1.43. The first kappa shape index (κ1) is 12.0. The summed E-state index contributed by atoms with van der Waals surface area (Å²) in [6.07, 6.45) is 3.02. The Hall–Kier alpha value is -1.10. The van der Waals surface area contributed by atoms with Crippen molar-refractivity contribution >= 4 is 17.7 Å². The topological polar surface area (TPSA) is 52.1 Å². The number of ether oxygens (including phenoxy) is 1. The minimum atomic E-state index is -0.463. The van der Waals surface area contributed by atoms with Gasteiger partial charge in [0.25, 0.3) is 0 Å². The van der Waals surface area contributed by atoms with Crippen molar-refractivity contribution in [2.45, 2.75) is 30.5 Å². The summed E-state index contributed by atoms with van der Waals surface area (Å²) in [6.45, 7) is 6.27. The highest BCUT2D eigenvalue weighted by Gasteiger charge is 2.14. The van der Waals surface area contributed by atoms with Gasteiger partial charge in [0, 0.05) is 4.75 Å². The molecule has 0 saturated heterocycles. The van der Waals surface area contributed by atoms with Crippen molar-refractivity contribution in [2.75, 3.05) is 7.11 Å². The van der Waals surface area contributed by atoms with Crippen molar-refractivity contribution in [1.29, 1.82) is 0 Å². The summed E-state index contributed by atoms with van der Waals surface area (Å²) in [5, 5.41) is 0.801. The fraction of sp³-hybridized carbons (Fsp3) is 0.500. The Morgan fingerprint density at radius 3 is 2.40 bits per heavy atom. The van der Waals surface area contributed by atoms with Gasteiger partial charge in [-0.2, -0.15) is 0 Å². The lowest BCUT2D eigenvalue weighted by molar-refractivity contribution is 0.0593. The highest BCUT2D eigenvalue weighted by Crippen LogP contribution is 2.29. The van der Waals surface area contributed by atoms with Gasteiger partial charge in [-0.25, -0.2) is 14.8 Å². The van der Waals surface area contributed by atoms with Crippen LogP contribution in [-0.2, 0) is 4.74 Å². The van der Waals surface area contributed by atoms with Crippen molar-refractivity contribution in [3.8, 4) is 0 Å². The second-order valence-electron chi connectivity index (χ2n) is 3.95. The number of thioether (sulfide) groups is 1. The number of rotatable bonds is 2. The molecule has 0 fully saturated rings. The number of aromatic nitrogens is 2. The summed E-state index contributed by atoms with van der Waals surface area (Å²) in [6, 6.07) is 0. The molecule has 1 aromatic heterocycles. The minimum Gasteiger partial charge on any atom is -0.464 e. The van der Waals surface area contributed by atoms with E-state index in [-0.39, 0.29) is 10.4 Å². The number of carbonyl (C=O) groups is 1. The van der Waals surface area contributed by atoms with E-state index in [0.29, 0.717) is 0 Å². The summed E-state index contributed by atoms with van der Waals surface area (Å²) < 4.78 is 4.61.